The number of phenolic OH excluding ortho intramolecular Hbond substituents is 2. The molecule has 4 heteroatoms. The summed E-state index contributed by atoms with van der Waals surface area (Å²) in [6, 6.07) is 4.91. The smallest absolute Gasteiger partial charge is 0.119 e. The van der Waals surface area contributed by atoms with E-state index in [1.54, 1.807) is 12.1 Å². The molecule has 2 N–H and O–H groups in total. The Morgan fingerprint density at radius 2 is 1.86 bits per heavy atom. The van der Waals surface area contributed by atoms with Crippen molar-refractivity contribution in [2.75, 3.05) is 20.1 Å². The van der Waals surface area contributed by atoms with Gasteiger partial charge in [-0.25, -0.2) is 0 Å². The summed E-state index contributed by atoms with van der Waals surface area (Å²) < 4.78 is 0. The molecule has 1 aromatic rings. The van der Waals surface area contributed by atoms with Crippen molar-refractivity contribution in [3.05, 3.63) is 35.4 Å². The van der Waals surface area contributed by atoms with Crippen LogP contribution in [0.15, 0.2) is 29.8 Å². The Balaban J connectivity index is 0.00000220. The van der Waals surface area contributed by atoms with E-state index in [0.29, 0.717) is 5.92 Å². The SMILES string of the molecule is CCCC(Cc1cc(O)cc(O)c1)C1=CCN(C)CC1.Cl. The van der Waals surface area contributed by atoms with Gasteiger partial charge in [0, 0.05) is 19.2 Å². The van der Waals surface area contributed by atoms with Gasteiger partial charge in [0.2, 0.25) is 0 Å². The first-order valence-corrected chi connectivity index (χ1v) is 7.48. The van der Waals surface area contributed by atoms with Gasteiger partial charge in [-0.15, -0.1) is 12.4 Å². The van der Waals surface area contributed by atoms with E-state index in [2.05, 4.69) is 24.9 Å². The van der Waals surface area contributed by atoms with Crippen LogP contribution in [0.2, 0.25) is 0 Å². The van der Waals surface area contributed by atoms with Crippen LogP contribution in [0, 0.1) is 5.92 Å². The van der Waals surface area contributed by atoms with Gasteiger partial charge in [0.05, 0.1) is 0 Å². The largest absolute Gasteiger partial charge is 0.508 e. The van der Waals surface area contributed by atoms with Crippen LogP contribution in [0.5, 0.6) is 11.5 Å². The summed E-state index contributed by atoms with van der Waals surface area (Å²) in [5, 5.41) is 19.2. The van der Waals surface area contributed by atoms with Crippen molar-refractivity contribution in [3.8, 4) is 11.5 Å². The summed E-state index contributed by atoms with van der Waals surface area (Å²) in [5.41, 5.74) is 2.55. The molecule has 1 aliphatic rings. The molecule has 2 rings (SSSR count). The third kappa shape index (κ3) is 5.25. The molecule has 1 aliphatic heterocycles. The van der Waals surface area contributed by atoms with Crippen LogP contribution in [0.1, 0.15) is 31.7 Å². The summed E-state index contributed by atoms with van der Waals surface area (Å²) in [6.45, 7) is 4.36. The Bertz CT molecular complexity index is 467. The number of nitrogens with zero attached hydrogens (tertiary/aromatic N) is 1. The maximum absolute atomic E-state index is 9.60. The van der Waals surface area contributed by atoms with Crippen LogP contribution in [-0.4, -0.2) is 35.3 Å². The lowest BCUT2D eigenvalue weighted by atomic mass is 9.85. The molecule has 21 heavy (non-hydrogen) atoms. The Hall–Kier alpha value is -1.19. The van der Waals surface area contributed by atoms with Gasteiger partial charge >= 0.3 is 0 Å². The highest BCUT2D eigenvalue weighted by Gasteiger charge is 2.18. The maximum atomic E-state index is 9.60. The lowest BCUT2D eigenvalue weighted by molar-refractivity contribution is 0.343. The average Bonchev–Trinajstić information content (AvgIpc) is 2.38. The highest BCUT2D eigenvalue weighted by atomic mass is 35.5. The van der Waals surface area contributed by atoms with Gasteiger partial charge in [0.1, 0.15) is 11.5 Å². The molecular formula is C17H26ClNO2. The summed E-state index contributed by atoms with van der Waals surface area (Å²) in [7, 11) is 2.15. The van der Waals surface area contributed by atoms with Crippen molar-refractivity contribution >= 4 is 12.4 Å². The molecule has 0 saturated heterocycles. The third-order valence-corrected chi connectivity index (χ3v) is 4.05. The number of rotatable bonds is 5. The molecule has 1 atom stereocenters. The quantitative estimate of drug-likeness (QED) is 0.814. The number of hydrogen-bond donors (Lipinski definition) is 2. The molecule has 118 valence electrons. The molecule has 1 unspecified atom stereocenters. The number of hydrogen-bond acceptors (Lipinski definition) is 3. The second-order valence-electron chi connectivity index (χ2n) is 5.84. The standard InChI is InChI=1S/C17H25NO2.ClH/c1-3-4-15(14-5-7-18(2)8-6-14)9-13-10-16(19)12-17(20)11-13;/h5,10-12,15,19-20H,3-4,6-9H2,1-2H3;1H. The predicted molar refractivity (Wildman–Crippen MR) is 89.3 cm³/mol. The normalized spacial score (nSPS) is 17.0. The van der Waals surface area contributed by atoms with E-state index in [1.807, 2.05) is 0 Å². The number of benzene rings is 1. The first-order valence-electron chi connectivity index (χ1n) is 7.48. The van der Waals surface area contributed by atoms with E-state index in [-0.39, 0.29) is 23.9 Å². The minimum atomic E-state index is 0. The second-order valence-corrected chi connectivity index (χ2v) is 5.84. The molecule has 0 aliphatic carbocycles. The van der Waals surface area contributed by atoms with Crippen molar-refractivity contribution < 1.29 is 10.2 Å². The van der Waals surface area contributed by atoms with Crippen molar-refractivity contribution in [3.63, 3.8) is 0 Å². The van der Waals surface area contributed by atoms with Gasteiger partial charge in [-0.1, -0.05) is 25.0 Å². The number of aromatic hydroxyl groups is 2. The van der Waals surface area contributed by atoms with Crippen LogP contribution in [0.25, 0.3) is 0 Å². The van der Waals surface area contributed by atoms with E-state index >= 15 is 0 Å². The monoisotopic (exact) mass is 311 g/mol. The molecule has 0 spiro atoms. The molecule has 0 saturated carbocycles. The van der Waals surface area contributed by atoms with Gasteiger partial charge in [-0.2, -0.15) is 0 Å². The molecular weight excluding hydrogens is 286 g/mol. The third-order valence-electron chi connectivity index (χ3n) is 4.05. The van der Waals surface area contributed by atoms with Crippen LogP contribution in [-0.2, 0) is 6.42 Å². The van der Waals surface area contributed by atoms with E-state index in [1.165, 1.54) is 11.6 Å². The summed E-state index contributed by atoms with van der Waals surface area (Å²) >= 11 is 0. The number of phenols is 2. The van der Waals surface area contributed by atoms with Crippen LogP contribution in [0.4, 0.5) is 0 Å². The average molecular weight is 312 g/mol. The fourth-order valence-corrected chi connectivity index (χ4v) is 2.98. The maximum Gasteiger partial charge on any atom is 0.119 e. The van der Waals surface area contributed by atoms with E-state index in [9.17, 15) is 10.2 Å². The van der Waals surface area contributed by atoms with Crippen LogP contribution >= 0.6 is 12.4 Å². The number of halogens is 1. The molecule has 0 bridgehead atoms. The number of likely N-dealkylation sites (N-methyl/N-ethyl adjacent to an activating group) is 1. The Labute approximate surface area is 133 Å². The molecule has 0 amide bonds. The van der Waals surface area contributed by atoms with Gasteiger partial charge in [0.25, 0.3) is 0 Å². The fourth-order valence-electron chi connectivity index (χ4n) is 2.98. The highest BCUT2D eigenvalue weighted by Crippen LogP contribution is 2.29. The van der Waals surface area contributed by atoms with Crippen molar-refractivity contribution in [1.29, 1.82) is 0 Å². The van der Waals surface area contributed by atoms with Gasteiger partial charge in [0.15, 0.2) is 0 Å². The van der Waals surface area contributed by atoms with E-state index in [0.717, 1.165) is 44.3 Å². The van der Waals surface area contributed by atoms with E-state index < -0.39 is 0 Å². The van der Waals surface area contributed by atoms with Crippen molar-refractivity contribution in [2.45, 2.75) is 32.6 Å². The van der Waals surface area contributed by atoms with E-state index in [4.69, 9.17) is 0 Å². The first-order chi connectivity index (χ1) is 9.58. The second kappa shape index (κ2) is 8.30. The molecule has 1 heterocycles. The first kappa shape index (κ1) is 17.9. The highest BCUT2D eigenvalue weighted by molar-refractivity contribution is 5.85. The molecule has 0 radical (unpaired) electrons. The Kier molecular flexibility index (Phi) is 7.06. The molecule has 1 aromatic carbocycles. The van der Waals surface area contributed by atoms with Crippen LogP contribution < -0.4 is 0 Å². The van der Waals surface area contributed by atoms with Crippen LogP contribution in [0.3, 0.4) is 0 Å². The summed E-state index contributed by atoms with van der Waals surface area (Å²) in [5.74, 6) is 0.815. The zero-order valence-corrected chi connectivity index (χ0v) is 13.7. The summed E-state index contributed by atoms with van der Waals surface area (Å²) in [4.78, 5) is 2.33. The van der Waals surface area contributed by atoms with Gasteiger partial charge in [-0.3, -0.25) is 0 Å². The van der Waals surface area contributed by atoms with Crippen molar-refractivity contribution in [2.24, 2.45) is 5.92 Å². The fraction of sp³-hybridized carbons (Fsp3) is 0.529. The van der Waals surface area contributed by atoms with Gasteiger partial charge < -0.3 is 15.1 Å². The minimum Gasteiger partial charge on any atom is -0.508 e. The minimum absolute atomic E-state index is 0. The zero-order valence-electron chi connectivity index (χ0n) is 12.9. The molecule has 3 nitrogen and oxygen atoms in total. The zero-order chi connectivity index (χ0) is 14.5. The predicted octanol–water partition coefficient (Wildman–Crippen LogP) is 3.74. The molecule has 0 fully saturated rings. The topological polar surface area (TPSA) is 43.7 Å². The lowest BCUT2D eigenvalue weighted by Crippen LogP contribution is -2.26. The van der Waals surface area contributed by atoms with Crippen molar-refractivity contribution in [1.82, 2.24) is 4.90 Å². The summed E-state index contributed by atoms with van der Waals surface area (Å²) in [6.07, 6.45) is 6.69. The Morgan fingerprint density at radius 3 is 2.38 bits per heavy atom. The van der Waals surface area contributed by atoms with Gasteiger partial charge in [-0.05, 0) is 49.9 Å². The lowest BCUT2D eigenvalue weighted by Gasteiger charge is -2.27. The Morgan fingerprint density at radius 1 is 1.19 bits per heavy atom. The molecule has 0 aromatic heterocycles.